The molecule has 1 aromatic heterocycles. The number of nitrogens with zero attached hydrogens (tertiary/aromatic N) is 2. The Morgan fingerprint density at radius 1 is 1.34 bits per heavy atom. The molecule has 0 spiro atoms. The highest BCUT2D eigenvalue weighted by atomic mass is 35.5. The van der Waals surface area contributed by atoms with Crippen LogP contribution in [-0.4, -0.2) is 23.2 Å². The number of halogens is 1. The van der Waals surface area contributed by atoms with Gasteiger partial charge in [0.1, 0.15) is 10.8 Å². The summed E-state index contributed by atoms with van der Waals surface area (Å²) >= 11 is 7.89. The molecule has 1 N–H and O–H groups in total. The number of carbonyl (C=O) groups is 1. The van der Waals surface area contributed by atoms with Crippen LogP contribution in [0.25, 0.3) is 11.1 Å². The van der Waals surface area contributed by atoms with E-state index in [0.29, 0.717) is 10.8 Å². The highest BCUT2D eigenvalue weighted by molar-refractivity contribution is 7.11. The van der Waals surface area contributed by atoms with Crippen molar-refractivity contribution >= 4 is 28.9 Å². The topological polar surface area (TPSA) is 83.2 Å². The number of aryl methyl sites for hydroxylation is 1. The number of aromatic nitrogens is 1. The van der Waals surface area contributed by atoms with Crippen LogP contribution in [0, 0.1) is 18.3 Å². The summed E-state index contributed by atoms with van der Waals surface area (Å²) in [7, 11) is 1.58. The molecule has 0 aliphatic rings. The van der Waals surface area contributed by atoms with Gasteiger partial charge in [0.2, 0.25) is 0 Å². The van der Waals surface area contributed by atoms with Crippen LogP contribution in [0.2, 0.25) is 5.02 Å². The Morgan fingerprint density at radius 3 is 2.76 bits per heavy atom. The Labute approximate surface area is 178 Å². The lowest BCUT2D eigenvalue weighted by Crippen LogP contribution is -2.08. The highest BCUT2D eigenvalue weighted by Crippen LogP contribution is 2.38. The second-order valence-electron chi connectivity index (χ2n) is 6.60. The Morgan fingerprint density at radius 2 is 2.14 bits per heavy atom. The van der Waals surface area contributed by atoms with E-state index in [0.717, 1.165) is 32.1 Å². The zero-order valence-corrected chi connectivity index (χ0v) is 17.5. The van der Waals surface area contributed by atoms with Gasteiger partial charge in [0.05, 0.1) is 26.0 Å². The molecule has 0 aliphatic heterocycles. The van der Waals surface area contributed by atoms with E-state index in [-0.39, 0.29) is 12.8 Å². The summed E-state index contributed by atoms with van der Waals surface area (Å²) < 4.78 is 5.50. The maximum absolute atomic E-state index is 11.5. The quantitative estimate of drug-likeness (QED) is 0.542. The van der Waals surface area contributed by atoms with Gasteiger partial charge in [-0.05, 0) is 47.9 Å². The van der Waals surface area contributed by atoms with E-state index in [1.165, 1.54) is 11.3 Å². The molecule has 0 fully saturated rings. The molecule has 1 unspecified atom stereocenters. The molecule has 2 aromatic carbocycles. The summed E-state index contributed by atoms with van der Waals surface area (Å²) in [6.45, 7) is 1.94. The molecule has 7 heteroatoms. The van der Waals surface area contributed by atoms with Crippen LogP contribution in [0.3, 0.4) is 0 Å². The first-order chi connectivity index (χ1) is 13.9. The van der Waals surface area contributed by atoms with Crippen LogP contribution in [-0.2, 0) is 11.2 Å². The monoisotopic (exact) mass is 426 g/mol. The summed E-state index contributed by atoms with van der Waals surface area (Å²) in [5, 5.41) is 19.7. The van der Waals surface area contributed by atoms with Gasteiger partial charge in [-0.2, -0.15) is 5.26 Å². The van der Waals surface area contributed by atoms with Crippen molar-refractivity contribution in [2.24, 2.45) is 0 Å². The molecular weight excluding hydrogens is 408 g/mol. The summed E-state index contributed by atoms with van der Waals surface area (Å²) in [5.74, 6) is -0.658. The van der Waals surface area contributed by atoms with Crippen molar-refractivity contribution in [1.82, 2.24) is 4.98 Å². The average Bonchev–Trinajstić information content (AvgIpc) is 3.11. The summed E-state index contributed by atoms with van der Waals surface area (Å²) in [6.07, 6.45) is 1.94. The van der Waals surface area contributed by atoms with Crippen molar-refractivity contribution < 1.29 is 14.6 Å². The third-order valence-corrected chi connectivity index (χ3v) is 5.74. The second kappa shape index (κ2) is 9.08. The van der Waals surface area contributed by atoms with Crippen LogP contribution in [0.4, 0.5) is 0 Å². The van der Waals surface area contributed by atoms with Gasteiger partial charge in [-0.25, -0.2) is 4.98 Å². The molecule has 148 valence electrons. The van der Waals surface area contributed by atoms with Crippen LogP contribution < -0.4 is 4.74 Å². The minimum Gasteiger partial charge on any atom is -0.496 e. The van der Waals surface area contributed by atoms with Gasteiger partial charge >= 0.3 is 5.97 Å². The predicted molar refractivity (Wildman–Crippen MR) is 114 cm³/mol. The number of thiazole rings is 1. The summed E-state index contributed by atoms with van der Waals surface area (Å²) in [6, 6.07) is 13.2. The Bertz CT molecular complexity index is 1090. The first-order valence-corrected chi connectivity index (χ1v) is 10.1. The molecule has 3 rings (SSSR count). The first-order valence-electron chi connectivity index (χ1n) is 8.90. The van der Waals surface area contributed by atoms with Crippen molar-refractivity contribution in [2.75, 3.05) is 7.11 Å². The second-order valence-corrected chi connectivity index (χ2v) is 8.31. The number of carboxylic acid groups (broad SMARTS) is 1. The standard InChI is InChI=1S/C22H19ClN2O3S/c1-13-12-25-22(29-13)19(11-21(26)27)16-8-15(9-17(23)10-16)18-7-14(5-6-24)3-4-20(18)28-2/h3-4,7-10,12,19H,5,11H2,1-2H3,(H,26,27). The molecule has 0 aliphatic carbocycles. The van der Waals surface area contributed by atoms with E-state index in [2.05, 4.69) is 11.1 Å². The summed E-state index contributed by atoms with van der Waals surface area (Å²) in [4.78, 5) is 16.9. The number of hydrogen-bond acceptors (Lipinski definition) is 5. The van der Waals surface area contributed by atoms with Gasteiger partial charge in [0.15, 0.2) is 0 Å². The number of rotatable bonds is 7. The normalized spacial score (nSPS) is 11.7. The predicted octanol–water partition coefficient (Wildman–Crippen LogP) is 5.45. The van der Waals surface area contributed by atoms with Gasteiger partial charge in [0, 0.05) is 27.6 Å². The molecule has 3 aromatic rings. The zero-order chi connectivity index (χ0) is 21.0. The lowest BCUT2D eigenvalue weighted by molar-refractivity contribution is -0.137. The Hall–Kier alpha value is -2.88. The lowest BCUT2D eigenvalue weighted by atomic mass is 9.92. The van der Waals surface area contributed by atoms with Gasteiger partial charge in [-0.15, -0.1) is 11.3 Å². The molecule has 5 nitrogen and oxygen atoms in total. The number of aliphatic carboxylic acids is 1. The number of hydrogen-bond donors (Lipinski definition) is 1. The maximum atomic E-state index is 11.5. The molecule has 0 saturated heterocycles. The van der Waals surface area contributed by atoms with Crippen LogP contribution in [0.5, 0.6) is 5.75 Å². The minimum atomic E-state index is -0.905. The highest BCUT2D eigenvalue weighted by Gasteiger charge is 2.22. The van der Waals surface area contributed by atoms with E-state index in [4.69, 9.17) is 21.6 Å². The molecule has 29 heavy (non-hydrogen) atoms. The zero-order valence-electron chi connectivity index (χ0n) is 16.0. The smallest absolute Gasteiger partial charge is 0.304 e. The summed E-state index contributed by atoms with van der Waals surface area (Å²) in [5.41, 5.74) is 3.24. The third-order valence-electron chi connectivity index (χ3n) is 4.50. The van der Waals surface area contributed by atoms with Gasteiger partial charge in [0.25, 0.3) is 0 Å². The van der Waals surface area contributed by atoms with E-state index < -0.39 is 11.9 Å². The fourth-order valence-corrected chi connectivity index (χ4v) is 4.35. The first kappa shape index (κ1) is 20.8. The van der Waals surface area contributed by atoms with E-state index in [9.17, 15) is 9.90 Å². The third kappa shape index (κ3) is 4.94. The number of ether oxygens (including phenoxy) is 1. The molecule has 0 radical (unpaired) electrons. The SMILES string of the molecule is COc1ccc(CC#N)cc1-c1cc(Cl)cc(C(CC(=O)O)c2ncc(C)s2)c1. The Kier molecular flexibility index (Phi) is 6.53. The molecule has 0 saturated carbocycles. The van der Waals surface area contributed by atoms with Crippen LogP contribution >= 0.6 is 22.9 Å². The van der Waals surface area contributed by atoms with Crippen molar-refractivity contribution in [2.45, 2.75) is 25.7 Å². The lowest BCUT2D eigenvalue weighted by Gasteiger charge is -2.16. The van der Waals surface area contributed by atoms with Crippen molar-refractivity contribution in [3.63, 3.8) is 0 Å². The molecule has 1 heterocycles. The van der Waals surface area contributed by atoms with Crippen LogP contribution in [0.15, 0.2) is 42.6 Å². The molecule has 1 atom stereocenters. The minimum absolute atomic E-state index is 0.0850. The van der Waals surface area contributed by atoms with Crippen LogP contribution in [0.1, 0.15) is 33.4 Å². The number of benzene rings is 2. The number of methoxy groups -OCH3 is 1. The van der Waals surface area contributed by atoms with Gasteiger partial charge in [-0.3, -0.25) is 4.79 Å². The van der Waals surface area contributed by atoms with Crippen molar-refractivity contribution in [3.8, 4) is 22.9 Å². The van der Waals surface area contributed by atoms with Gasteiger partial charge in [-0.1, -0.05) is 23.7 Å². The Balaban J connectivity index is 2.13. The molecule has 0 amide bonds. The average molecular weight is 427 g/mol. The fourth-order valence-electron chi connectivity index (χ4n) is 3.21. The van der Waals surface area contributed by atoms with Crippen molar-refractivity contribution in [1.29, 1.82) is 5.26 Å². The van der Waals surface area contributed by atoms with Crippen molar-refractivity contribution in [3.05, 3.63) is 68.6 Å². The van der Waals surface area contributed by atoms with E-state index in [1.807, 2.05) is 37.3 Å². The molecular formula is C22H19ClN2O3S. The fraction of sp³-hybridized carbons (Fsp3) is 0.227. The van der Waals surface area contributed by atoms with E-state index in [1.54, 1.807) is 19.4 Å². The van der Waals surface area contributed by atoms with Gasteiger partial charge < -0.3 is 9.84 Å². The molecule has 0 bridgehead atoms. The maximum Gasteiger partial charge on any atom is 0.304 e. The number of carboxylic acids is 1. The number of nitriles is 1. The van der Waals surface area contributed by atoms with E-state index >= 15 is 0 Å². The largest absolute Gasteiger partial charge is 0.496 e.